The van der Waals surface area contributed by atoms with Crippen molar-refractivity contribution in [3.05, 3.63) is 58.7 Å². The summed E-state index contributed by atoms with van der Waals surface area (Å²) in [6.45, 7) is 0.394. The summed E-state index contributed by atoms with van der Waals surface area (Å²) >= 11 is 1.41. The maximum Gasteiger partial charge on any atom is 0.223 e. The molecule has 0 aliphatic heterocycles. The topological polar surface area (TPSA) is 50.7 Å². The highest BCUT2D eigenvalue weighted by Crippen LogP contribution is 2.24. The van der Waals surface area contributed by atoms with E-state index in [9.17, 15) is 8.78 Å². The minimum Gasteiger partial charge on any atom is -0.348 e. The van der Waals surface area contributed by atoms with Gasteiger partial charge in [0.25, 0.3) is 0 Å². The van der Waals surface area contributed by atoms with Crippen molar-refractivity contribution in [3.63, 3.8) is 0 Å². The zero-order valence-electron chi connectivity index (χ0n) is 10.8. The average molecular weight is 304 g/mol. The third-order valence-corrected chi connectivity index (χ3v) is 3.57. The number of benzene rings is 1. The molecule has 0 spiro atoms. The zero-order valence-corrected chi connectivity index (χ0v) is 11.6. The van der Waals surface area contributed by atoms with Crippen LogP contribution >= 0.6 is 11.3 Å². The van der Waals surface area contributed by atoms with Crippen molar-refractivity contribution in [2.24, 2.45) is 0 Å². The van der Waals surface area contributed by atoms with E-state index in [0.29, 0.717) is 23.8 Å². The molecule has 3 aromatic rings. The van der Waals surface area contributed by atoms with Crippen LogP contribution < -0.4 is 5.32 Å². The fourth-order valence-corrected chi connectivity index (χ4v) is 2.48. The van der Waals surface area contributed by atoms with Gasteiger partial charge in [-0.3, -0.25) is 0 Å². The Balaban J connectivity index is 1.71. The van der Waals surface area contributed by atoms with E-state index >= 15 is 0 Å². The summed E-state index contributed by atoms with van der Waals surface area (Å²) in [5.74, 6) is -0.472. The van der Waals surface area contributed by atoms with Crippen molar-refractivity contribution in [1.29, 1.82) is 0 Å². The van der Waals surface area contributed by atoms with E-state index in [4.69, 9.17) is 0 Å². The molecule has 7 heteroatoms. The van der Waals surface area contributed by atoms with Gasteiger partial charge in [-0.05, 0) is 12.1 Å². The number of nitrogens with zero attached hydrogens (tertiary/aromatic N) is 3. The van der Waals surface area contributed by atoms with Crippen molar-refractivity contribution in [2.45, 2.75) is 6.54 Å². The lowest BCUT2D eigenvalue weighted by Gasteiger charge is -2.01. The second-order valence-electron chi connectivity index (χ2n) is 4.18. The maximum absolute atomic E-state index is 13.7. The first-order chi connectivity index (χ1) is 10.2. The molecule has 0 bridgehead atoms. The molecule has 0 fully saturated rings. The quantitative estimate of drug-likeness (QED) is 0.801. The molecule has 0 atom stereocenters. The number of anilines is 1. The maximum atomic E-state index is 13.7. The summed E-state index contributed by atoms with van der Waals surface area (Å²) in [6.07, 6.45) is 2.17. The molecule has 21 heavy (non-hydrogen) atoms. The highest BCUT2D eigenvalue weighted by Gasteiger charge is 2.08. The summed E-state index contributed by atoms with van der Waals surface area (Å²) in [5, 5.41) is 5.49. The number of aromatic nitrogens is 3. The molecule has 0 amide bonds. The van der Waals surface area contributed by atoms with E-state index in [-0.39, 0.29) is 5.82 Å². The van der Waals surface area contributed by atoms with Gasteiger partial charge >= 0.3 is 0 Å². The molecule has 106 valence electrons. The number of nitrogens with one attached hydrogen (secondary N) is 1. The van der Waals surface area contributed by atoms with Gasteiger partial charge in [-0.1, -0.05) is 12.1 Å². The highest BCUT2D eigenvalue weighted by molar-refractivity contribution is 7.09. The molecule has 0 saturated carbocycles. The molecule has 4 nitrogen and oxygen atoms in total. The Bertz CT molecular complexity index is 743. The van der Waals surface area contributed by atoms with Gasteiger partial charge in [0.1, 0.15) is 10.8 Å². The van der Waals surface area contributed by atoms with Crippen LogP contribution in [0.3, 0.4) is 0 Å². The first kappa shape index (κ1) is 13.6. The number of hydrogen-bond donors (Lipinski definition) is 1. The van der Waals surface area contributed by atoms with Crippen LogP contribution in [0.25, 0.3) is 11.3 Å². The Morgan fingerprint density at radius 2 is 1.86 bits per heavy atom. The molecule has 2 aromatic heterocycles. The largest absolute Gasteiger partial charge is 0.348 e. The zero-order chi connectivity index (χ0) is 14.7. The lowest BCUT2D eigenvalue weighted by Crippen LogP contribution is -2.03. The molecule has 0 saturated heterocycles. The molecule has 0 aliphatic rings. The Morgan fingerprint density at radius 1 is 1.10 bits per heavy atom. The summed E-state index contributed by atoms with van der Waals surface area (Å²) in [6, 6.07) is 6.49. The molecule has 0 unspecified atom stereocenters. The smallest absolute Gasteiger partial charge is 0.223 e. The van der Waals surface area contributed by atoms with E-state index in [1.165, 1.54) is 17.4 Å². The second-order valence-corrected chi connectivity index (χ2v) is 5.13. The SMILES string of the molecule is Fc1cnc(NCc2nc(-c3ccccc3F)cs2)nc1. The number of hydrogen-bond acceptors (Lipinski definition) is 5. The van der Waals surface area contributed by atoms with Crippen LogP contribution in [0.15, 0.2) is 42.0 Å². The van der Waals surface area contributed by atoms with Gasteiger partial charge in [-0.2, -0.15) is 0 Å². The Hall–Kier alpha value is -2.41. The minimum absolute atomic E-state index is 0.302. The number of thiazole rings is 1. The van der Waals surface area contributed by atoms with E-state index in [2.05, 4.69) is 20.3 Å². The van der Waals surface area contributed by atoms with Crippen molar-refractivity contribution in [1.82, 2.24) is 15.0 Å². The molecule has 1 N–H and O–H groups in total. The third kappa shape index (κ3) is 3.19. The first-order valence-corrected chi connectivity index (χ1v) is 7.01. The van der Waals surface area contributed by atoms with E-state index in [0.717, 1.165) is 17.4 Å². The van der Waals surface area contributed by atoms with Crippen LogP contribution in [0, 0.1) is 11.6 Å². The lowest BCUT2D eigenvalue weighted by molar-refractivity contribution is 0.614. The van der Waals surface area contributed by atoms with Crippen LogP contribution in [-0.2, 0) is 6.54 Å². The van der Waals surface area contributed by atoms with Crippen molar-refractivity contribution >= 4 is 17.3 Å². The first-order valence-electron chi connectivity index (χ1n) is 6.13. The summed E-state index contributed by atoms with van der Waals surface area (Å²) < 4.78 is 26.3. The number of halogens is 2. The summed E-state index contributed by atoms with van der Waals surface area (Å²) in [7, 11) is 0. The van der Waals surface area contributed by atoms with Crippen molar-refractivity contribution in [3.8, 4) is 11.3 Å². The minimum atomic E-state index is -0.489. The van der Waals surface area contributed by atoms with E-state index in [1.54, 1.807) is 23.6 Å². The summed E-state index contributed by atoms with van der Waals surface area (Å²) in [4.78, 5) is 11.9. The molecule has 0 radical (unpaired) electrons. The van der Waals surface area contributed by atoms with E-state index < -0.39 is 5.82 Å². The predicted octanol–water partition coefficient (Wildman–Crippen LogP) is 3.49. The molecule has 3 rings (SSSR count). The second kappa shape index (κ2) is 5.92. The Labute approximate surface area is 123 Å². The fourth-order valence-electron chi connectivity index (χ4n) is 1.74. The Morgan fingerprint density at radius 3 is 2.62 bits per heavy atom. The third-order valence-electron chi connectivity index (χ3n) is 2.72. The van der Waals surface area contributed by atoms with Gasteiger partial charge in [-0.15, -0.1) is 11.3 Å². The molecule has 0 aliphatic carbocycles. The van der Waals surface area contributed by atoms with E-state index in [1.807, 2.05) is 0 Å². The highest BCUT2D eigenvalue weighted by atomic mass is 32.1. The van der Waals surface area contributed by atoms with Gasteiger partial charge in [0.15, 0.2) is 5.82 Å². The van der Waals surface area contributed by atoms with Crippen LogP contribution in [0.5, 0.6) is 0 Å². The van der Waals surface area contributed by atoms with Gasteiger partial charge in [0.05, 0.1) is 24.6 Å². The normalized spacial score (nSPS) is 10.6. The predicted molar refractivity (Wildman–Crippen MR) is 76.8 cm³/mol. The van der Waals surface area contributed by atoms with Crippen molar-refractivity contribution < 1.29 is 8.78 Å². The molecule has 1 aromatic carbocycles. The van der Waals surface area contributed by atoms with Gasteiger partial charge < -0.3 is 5.32 Å². The monoisotopic (exact) mass is 304 g/mol. The lowest BCUT2D eigenvalue weighted by atomic mass is 10.2. The van der Waals surface area contributed by atoms with Crippen LogP contribution in [0.1, 0.15) is 5.01 Å². The van der Waals surface area contributed by atoms with Gasteiger partial charge in [-0.25, -0.2) is 23.7 Å². The van der Waals surface area contributed by atoms with Crippen LogP contribution in [-0.4, -0.2) is 15.0 Å². The number of rotatable bonds is 4. The molecular weight excluding hydrogens is 294 g/mol. The fraction of sp³-hybridized carbons (Fsp3) is 0.0714. The van der Waals surface area contributed by atoms with Gasteiger partial charge in [0, 0.05) is 10.9 Å². The summed E-state index contributed by atoms with van der Waals surface area (Å²) in [5.41, 5.74) is 1.06. The average Bonchev–Trinajstić information content (AvgIpc) is 2.96. The van der Waals surface area contributed by atoms with Crippen LogP contribution in [0.2, 0.25) is 0 Å². The molecular formula is C14H10F2N4S. The molecule has 2 heterocycles. The van der Waals surface area contributed by atoms with Crippen LogP contribution in [0.4, 0.5) is 14.7 Å². The van der Waals surface area contributed by atoms with Gasteiger partial charge in [0.2, 0.25) is 5.95 Å². The van der Waals surface area contributed by atoms with Crippen molar-refractivity contribution in [2.75, 3.05) is 5.32 Å². The standard InChI is InChI=1S/C14H10F2N4S/c15-9-5-17-14(18-6-9)19-7-13-20-12(8-21-13)10-3-1-2-4-11(10)16/h1-6,8H,7H2,(H,17,18,19). The Kier molecular flexibility index (Phi) is 3.83.